The van der Waals surface area contributed by atoms with Crippen LogP contribution >= 0.6 is 11.6 Å². The van der Waals surface area contributed by atoms with Crippen LogP contribution in [0.5, 0.6) is 11.5 Å². The third kappa shape index (κ3) is 3.99. The summed E-state index contributed by atoms with van der Waals surface area (Å²) in [5.41, 5.74) is 1.23. The second-order valence-corrected chi connectivity index (χ2v) is 6.31. The van der Waals surface area contributed by atoms with Crippen LogP contribution in [0, 0.1) is 0 Å². The van der Waals surface area contributed by atoms with Crippen LogP contribution in [0.4, 0.5) is 11.4 Å². The molecule has 1 aliphatic heterocycles. The minimum Gasteiger partial charge on any atom is -0.497 e. The Balaban J connectivity index is 1.76. The summed E-state index contributed by atoms with van der Waals surface area (Å²) in [5, 5.41) is 9.90. The van der Waals surface area contributed by atoms with Gasteiger partial charge in [0.15, 0.2) is 0 Å². The SMILES string of the molecule is COc1cc(NC2CCCN(c3cn[nH]c(=O)c3Cl)C2)cc(OC)c1. The van der Waals surface area contributed by atoms with Crippen molar-refractivity contribution in [2.75, 3.05) is 37.5 Å². The molecule has 0 bridgehead atoms. The molecule has 0 radical (unpaired) electrons. The average Bonchev–Trinajstić information content (AvgIpc) is 2.63. The topological polar surface area (TPSA) is 79.5 Å². The molecule has 134 valence electrons. The number of ether oxygens (including phenoxy) is 2. The summed E-state index contributed by atoms with van der Waals surface area (Å²) in [7, 11) is 3.26. The van der Waals surface area contributed by atoms with E-state index in [0.29, 0.717) is 5.69 Å². The predicted octanol–water partition coefficient (Wildman–Crippen LogP) is 2.52. The number of benzene rings is 1. The minimum absolute atomic E-state index is 0.179. The summed E-state index contributed by atoms with van der Waals surface area (Å²) >= 11 is 6.13. The molecular formula is C17H21ClN4O3. The van der Waals surface area contributed by atoms with Crippen molar-refractivity contribution in [3.8, 4) is 11.5 Å². The second-order valence-electron chi connectivity index (χ2n) is 5.93. The van der Waals surface area contributed by atoms with Gasteiger partial charge in [-0.3, -0.25) is 4.79 Å². The van der Waals surface area contributed by atoms with Gasteiger partial charge in [0.2, 0.25) is 0 Å². The Morgan fingerprint density at radius 1 is 1.28 bits per heavy atom. The van der Waals surface area contributed by atoms with Gasteiger partial charge in [0.05, 0.1) is 26.1 Å². The van der Waals surface area contributed by atoms with E-state index in [1.807, 2.05) is 18.2 Å². The molecule has 0 amide bonds. The van der Waals surface area contributed by atoms with Crippen molar-refractivity contribution >= 4 is 23.0 Å². The molecule has 1 aliphatic rings. The number of halogens is 1. The number of rotatable bonds is 5. The van der Waals surface area contributed by atoms with Gasteiger partial charge in [0.25, 0.3) is 5.56 Å². The van der Waals surface area contributed by atoms with Gasteiger partial charge in [-0.2, -0.15) is 5.10 Å². The van der Waals surface area contributed by atoms with Crippen molar-refractivity contribution in [1.82, 2.24) is 10.2 Å². The lowest BCUT2D eigenvalue weighted by molar-refractivity contribution is 0.394. The third-order valence-electron chi connectivity index (χ3n) is 4.26. The summed E-state index contributed by atoms with van der Waals surface area (Å²) in [6.45, 7) is 1.56. The maximum Gasteiger partial charge on any atom is 0.285 e. The molecular weight excluding hydrogens is 344 g/mol. The van der Waals surface area contributed by atoms with Gasteiger partial charge < -0.3 is 19.7 Å². The van der Waals surface area contributed by atoms with E-state index in [1.165, 1.54) is 0 Å². The third-order valence-corrected chi connectivity index (χ3v) is 4.63. The fourth-order valence-corrected chi connectivity index (χ4v) is 3.25. The first-order chi connectivity index (χ1) is 12.1. The van der Waals surface area contributed by atoms with Gasteiger partial charge in [-0.15, -0.1) is 0 Å². The van der Waals surface area contributed by atoms with Crippen molar-refractivity contribution in [2.24, 2.45) is 0 Å². The number of aromatic nitrogens is 2. The summed E-state index contributed by atoms with van der Waals surface area (Å²) < 4.78 is 10.6. The zero-order valence-corrected chi connectivity index (χ0v) is 15.0. The summed E-state index contributed by atoms with van der Waals surface area (Å²) in [5.74, 6) is 1.47. The minimum atomic E-state index is -0.369. The van der Waals surface area contributed by atoms with Crippen molar-refractivity contribution in [2.45, 2.75) is 18.9 Å². The zero-order valence-electron chi connectivity index (χ0n) is 14.2. The van der Waals surface area contributed by atoms with Crippen LogP contribution in [-0.4, -0.2) is 43.5 Å². The van der Waals surface area contributed by atoms with Crippen LogP contribution in [0.3, 0.4) is 0 Å². The molecule has 7 nitrogen and oxygen atoms in total. The Kier molecular flexibility index (Phi) is 5.33. The van der Waals surface area contributed by atoms with Crippen LogP contribution in [0.15, 0.2) is 29.2 Å². The van der Waals surface area contributed by atoms with Crippen molar-refractivity contribution in [1.29, 1.82) is 0 Å². The quantitative estimate of drug-likeness (QED) is 0.848. The van der Waals surface area contributed by atoms with E-state index in [-0.39, 0.29) is 16.6 Å². The molecule has 1 aromatic heterocycles. The molecule has 1 aromatic carbocycles. The molecule has 0 spiro atoms. The Morgan fingerprint density at radius 3 is 2.68 bits per heavy atom. The van der Waals surface area contributed by atoms with E-state index in [9.17, 15) is 4.79 Å². The first-order valence-corrected chi connectivity index (χ1v) is 8.46. The Bertz CT molecular complexity index is 773. The molecule has 8 heteroatoms. The summed E-state index contributed by atoms with van der Waals surface area (Å²) in [6, 6.07) is 5.91. The Morgan fingerprint density at radius 2 is 2.00 bits per heavy atom. The molecule has 1 fully saturated rings. The highest BCUT2D eigenvalue weighted by molar-refractivity contribution is 6.33. The molecule has 2 aromatic rings. The zero-order chi connectivity index (χ0) is 17.8. The van der Waals surface area contributed by atoms with Crippen molar-refractivity contribution < 1.29 is 9.47 Å². The number of piperidine rings is 1. The van der Waals surface area contributed by atoms with Crippen LogP contribution in [0.2, 0.25) is 5.02 Å². The van der Waals surface area contributed by atoms with Gasteiger partial charge >= 0.3 is 0 Å². The number of methoxy groups -OCH3 is 2. The number of nitrogens with one attached hydrogen (secondary N) is 2. The molecule has 2 heterocycles. The maximum atomic E-state index is 11.7. The predicted molar refractivity (Wildman–Crippen MR) is 98.3 cm³/mol. The molecule has 1 atom stereocenters. The van der Waals surface area contributed by atoms with Crippen LogP contribution < -0.4 is 25.2 Å². The molecule has 1 saturated heterocycles. The second kappa shape index (κ2) is 7.65. The fourth-order valence-electron chi connectivity index (χ4n) is 3.03. The number of nitrogens with zero attached hydrogens (tertiary/aromatic N) is 2. The highest BCUT2D eigenvalue weighted by Gasteiger charge is 2.23. The molecule has 25 heavy (non-hydrogen) atoms. The number of hydrogen-bond acceptors (Lipinski definition) is 6. The largest absolute Gasteiger partial charge is 0.497 e. The highest BCUT2D eigenvalue weighted by atomic mass is 35.5. The van der Waals surface area contributed by atoms with Gasteiger partial charge in [0.1, 0.15) is 16.5 Å². The molecule has 2 N–H and O–H groups in total. The van der Waals surface area contributed by atoms with E-state index in [4.69, 9.17) is 21.1 Å². The number of aromatic amines is 1. The fraction of sp³-hybridized carbons (Fsp3) is 0.412. The van der Waals surface area contributed by atoms with Crippen molar-refractivity contribution in [3.63, 3.8) is 0 Å². The van der Waals surface area contributed by atoms with E-state index in [1.54, 1.807) is 20.4 Å². The van der Waals surface area contributed by atoms with E-state index < -0.39 is 0 Å². The van der Waals surface area contributed by atoms with Crippen LogP contribution in [0.25, 0.3) is 0 Å². The molecule has 0 aliphatic carbocycles. The van der Waals surface area contributed by atoms with Crippen LogP contribution in [0.1, 0.15) is 12.8 Å². The lowest BCUT2D eigenvalue weighted by atomic mass is 10.0. The first-order valence-electron chi connectivity index (χ1n) is 8.08. The number of anilines is 2. The van der Waals surface area contributed by atoms with E-state index in [2.05, 4.69) is 20.4 Å². The van der Waals surface area contributed by atoms with E-state index in [0.717, 1.165) is 43.1 Å². The average molecular weight is 365 g/mol. The number of hydrogen-bond donors (Lipinski definition) is 2. The standard InChI is InChI=1S/C17H21ClN4O3/c1-24-13-6-12(7-14(8-13)25-2)20-11-4-3-5-22(10-11)15-9-19-21-17(23)16(15)18/h6-9,11,20H,3-5,10H2,1-2H3,(H,21,23). The normalized spacial score (nSPS) is 17.2. The smallest absolute Gasteiger partial charge is 0.285 e. The summed E-state index contributed by atoms with van der Waals surface area (Å²) in [6.07, 6.45) is 3.60. The maximum absolute atomic E-state index is 11.7. The van der Waals surface area contributed by atoms with Gasteiger partial charge in [-0.1, -0.05) is 11.6 Å². The highest BCUT2D eigenvalue weighted by Crippen LogP contribution is 2.29. The van der Waals surface area contributed by atoms with E-state index >= 15 is 0 Å². The number of H-pyrrole nitrogens is 1. The summed E-state index contributed by atoms with van der Waals surface area (Å²) in [4.78, 5) is 13.8. The Labute approximate surface area is 150 Å². The molecule has 1 unspecified atom stereocenters. The first kappa shape index (κ1) is 17.4. The molecule has 3 rings (SSSR count). The lowest BCUT2D eigenvalue weighted by Crippen LogP contribution is -2.42. The Hall–Kier alpha value is -2.41. The molecule has 0 saturated carbocycles. The van der Waals surface area contributed by atoms with Gasteiger partial charge in [0, 0.05) is 43.0 Å². The van der Waals surface area contributed by atoms with Gasteiger partial charge in [-0.25, -0.2) is 5.10 Å². The lowest BCUT2D eigenvalue weighted by Gasteiger charge is -2.35. The monoisotopic (exact) mass is 364 g/mol. The van der Waals surface area contributed by atoms with Crippen LogP contribution in [-0.2, 0) is 0 Å². The van der Waals surface area contributed by atoms with Crippen molar-refractivity contribution in [3.05, 3.63) is 39.8 Å². The van der Waals surface area contributed by atoms with Gasteiger partial charge in [-0.05, 0) is 12.8 Å².